The Morgan fingerprint density at radius 2 is 1.82 bits per heavy atom. The first kappa shape index (κ1) is 19.2. The van der Waals surface area contributed by atoms with Gasteiger partial charge in [-0.2, -0.15) is 0 Å². The highest BCUT2D eigenvalue weighted by molar-refractivity contribution is 5.93. The van der Waals surface area contributed by atoms with Crippen LogP contribution in [0.5, 0.6) is 11.5 Å². The van der Waals surface area contributed by atoms with E-state index in [-0.39, 0.29) is 22.6 Å². The number of hydrogen-bond acceptors (Lipinski definition) is 5. The second kappa shape index (κ2) is 8.39. The molecule has 0 aliphatic carbocycles. The monoisotopic (exact) mass is 382 g/mol. The van der Waals surface area contributed by atoms with Crippen LogP contribution >= 0.6 is 0 Å². The molecule has 0 atom stereocenters. The Labute approximate surface area is 161 Å². The van der Waals surface area contributed by atoms with Gasteiger partial charge in [0, 0.05) is 6.54 Å². The molecule has 28 heavy (non-hydrogen) atoms. The van der Waals surface area contributed by atoms with Crippen LogP contribution < -0.4 is 14.8 Å². The average molecular weight is 382 g/mol. The molecule has 0 aliphatic heterocycles. The molecular weight excluding hydrogens is 363 g/mol. The van der Waals surface area contributed by atoms with Gasteiger partial charge in [-0.15, -0.1) is 0 Å². The van der Waals surface area contributed by atoms with E-state index in [9.17, 15) is 14.3 Å². The summed E-state index contributed by atoms with van der Waals surface area (Å²) in [6, 6.07) is 14.6. The third-order valence-corrected chi connectivity index (χ3v) is 4.20. The lowest BCUT2D eigenvalue weighted by atomic mass is 10.1. The number of pyridine rings is 1. The van der Waals surface area contributed by atoms with Crippen LogP contribution in [-0.2, 0) is 6.54 Å². The molecule has 7 heteroatoms. The molecule has 2 N–H and O–H groups in total. The van der Waals surface area contributed by atoms with Crippen molar-refractivity contribution in [1.29, 1.82) is 0 Å². The fourth-order valence-corrected chi connectivity index (χ4v) is 2.76. The summed E-state index contributed by atoms with van der Waals surface area (Å²) in [5.41, 5.74) is 1.35. The fourth-order valence-electron chi connectivity index (χ4n) is 2.76. The summed E-state index contributed by atoms with van der Waals surface area (Å²) >= 11 is 0. The van der Waals surface area contributed by atoms with Crippen LogP contribution in [0.3, 0.4) is 0 Å². The first-order valence-electron chi connectivity index (χ1n) is 8.47. The van der Waals surface area contributed by atoms with Crippen molar-refractivity contribution < 1.29 is 23.8 Å². The maximum absolute atomic E-state index is 14.4. The second-order valence-electron chi connectivity index (χ2n) is 5.92. The highest BCUT2D eigenvalue weighted by atomic mass is 19.1. The molecule has 0 unspecified atom stereocenters. The van der Waals surface area contributed by atoms with Crippen LogP contribution in [0.2, 0.25) is 0 Å². The van der Waals surface area contributed by atoms with Crippen molar-refractivity contribution in [3.8, 4) is 22.8 Å². The minimum atomic E-state index is -1.13. The zero-order chi connectivity index (χ0) is 20.1. The minimum absolute atomic E-state index is 0.00688. The number of carbonyl (C=O) groups is 1. The van der Waals surface area contributed by atoms with Crippen molar-refractivity contribution in [3.05, 3.63) is 71.5 Å². The highest BCUT2D eigenvalue weighted by Gasteiger charge is 2.17. The van der Waals surface area contributed by atoms with Gasteiger partial charge in [0.15, 0.2) is 0 Å². The Morgan fingerprint density at radius 3 is 2.46 bits per heavy atom. The standard InChI is InChI=1S/C21H19FN2O4/c1-27-14-8-6-13(7-9-14)12-23-20-15(21(25)26)10-11-17(24-20)19-16(22)4-3-5-18(19)28-2/h3-11H,12H2,1-2H3,(H,23,24)(H,25,26). The van der Waals surface area contributed by atoms with Crippen molar-refractivity contribution in [2.75, 3.05) is 19.5 Å². The van der Waals surface area contributed by atoms with Gasteiger partial charge >= 0.3 is 5.97 Å². The molecule has 0 spiro atoms. The molecule has 0 aliphatic rings. The first-order chi connectivity index (χ1) is 13.5. The Hall–Kier alpha value is -3.61. The van der Waals surface area contributed by atoms with Crippen LogP contribution in [0.1, 0.15) is 15.9 Å². The third kappa shape index (κ3) is 4.03. The first-order valence-corrected chi connectivity index (χ1v) is 8.47. The van der Waals surface area contributed by atoms with Gasteiger partial charge in [-0.05, 0) is 42.0 Å². The number of aromatic nitrogens is 1. The molecule has 1 aromatic heterocycles. The number of anilines is 1. The summed E-state index contributed by atoms with van der Waals surface area (Å²) in [6.45, 7) is 0.342. The molecule has 0 amide bonds. The molecule has 0 saturated heterocycles. The molecule has 144 valence electrons. The predicted octanol–water partition coefficient (Wildman–Crippen LogP) is 4.22. The van der Waals surface area contributed by atoms with E-state index in [1.807, 2.05) is 24.3 Å². The summed E-state index contributed by atoms with van der Waals surface area (Å²) in [4.78, 5) is 15.9. The van der Waals surface area contributed by atoms with Gasteiger partial charge in [0.1, 0.15) is 28.7 Å². The average Bonchev–Trinajstić information content (AvgIpc) is 2.72. The van der Waals surface area contributed by atoms with E-state index in [4.69, 9.17) is 9.47 Å². The number of carboxylic acids is 1. The van der Waals surface area contributed by atoms with E-state index in [1.165, 1.54) is 31.4 Å². The number of halogens is 1. The van der Waals surface area contributed by atoms with Crippen LogP contribution in [0.15, 0.2) is 54.6 Å². The topological polar surface area (TPSA) is 80.7 Å². The van der Waals surface area contributed by atoms with Crippen molar-refractivity contribution in [1.82, 2.24) is 4.98 Å². The van der Waals surface area contributed by atoms with Crippen molar-refractivity contribution in [3.63, 3.8) is 0 Å². The lowest BCUT2D eigenvalue weighted by molar-refractivity contribution is 0.0697. The molecule has 3 rings (SSSR count). The van der Waals surface area contributed by atoms with Gasteiger partial charge in [0.2, 0.25) is 0 Å². The summed E-state index contributed by atoms with van der Waals surface area (Å²) in [5, 5.41) is 12.5. The molecule has 0 fully saturated rings. The predicted molar refractivity (Wildman–Crippen MR) is 103 cm³/mol. The maximum atomic E-state index is 14.4. The number of ether oxygens (including phenoxy) is 2. The van der Waals surface area contributed by atoms with E-state index in [1.54, 1.807) is 13.2 Å². The number of nitrogens with zero attached hydrogens (tertiary/aromatic N) is 1. The van der Waals surface area contributed by atoms with Crippen molar-refractivity contribution >= 4 is 11.8 Å². The number of hydrogen-bond donors (Lipinski definition) is 2. The van der Waals surface area contributed by atoms with Crippen molar-refractivity contribution in [2.45, 2.75) is 6.54 Å². The molecule has 0 saturated carbocycles. The Kier molecular flexibility index (Phi) is 5.74. The molecule has 1 heterocycles. The van der Waals surface area contributed by atoms with Gasteiger partial charge < -0.3 is 19.9 Å². The van der Waals surface area contributed by atoms with Gasteiger partial charge in [-0.1, -0.05) is 18.2 Å². The zero-order valence-corrected chi connectivity index (χ0v) is 15.4. The number of nitrogens with one attached hydrogen (secondary N) is 1. The van der Waals surface area contributed by atoms with Crippen LogP contribution in [0, 0.1) is 5.82 Å². The fraction of sp³-hybridized carbons (Fsp3) is 0.143. The lowest BCUT2D eigenvalue weighted by Gasteiger charge is -2.13. The van der Waals surface area contributed by atoms with E-state index < -0.39 is 11.8 Å². The summed E-state index contributed by atoms with van der Waals surface area (Å²) in [6.07, 6.45) is 0. The summed E-state index contributed by atoms with van der Waals surface area (Å²) in [7, 11) is 3.02. The largest absolute Gasteiger partial charge is 0.497 e. The van der Waals surface area contributed by atoms with E-state index in [2.05, 4.69) is 10.3 Å². The third-order valence-electron chi connectivity index (χ3n) is 4.20. The molecule has 0 radical (unpaired) electrons. The molecule has 0 bridgehead atoms. The SMILES string of the molecule is COc1ccc(CNc2nc(-c3c(F)cccc3OC)ccc2C(=O)O)cc1. The number of methoxy groups -OCH3 is 2. The molecule has 3 aromatic rings. The normalized spacial score (nSPS) is 10.4. The van der Waals surface area contributed by atoms with Crippen molar-refractivity contribution in [2.24, 2.45) is 0 Å². The molecular formula is C21H19FN2O4. The van der Waals surface area contributed by atoms with Crippen LogP contribution in [-0.4, -0.2) is 30.3 Å². The van der Waals surface area contributed by atoms with E-state index >= 15 is 0 Å². The summed E-state index contributed by atoms with van der Waals surface area (Å²) in [5.74, 6) is -0.447. The number of aromatic carboxylic acids is 1. The van der Waals surface area contributed by atoms with E-state index in [0.717, 1.165) is 11.3 Å². The molecule has 6 nitrogen and oxygen atoms in total. The number of benzene rings is 2. The number of rotatable bonds is 7. The number of carboxylic acid groups (broad SMARTS) is 1. The maximum Gasteiger partial charge on any atom is 0.339 e. The van der Waals surface area contributed by atoms with Gasteiger partial charge in [-0.25, -0.2) is 14.2 Å². The lowest BCUT2D eigenvalue weighted by Crippen LogP contribution is -2.09. The van der Waals surface area contributed by atoms with Crippen LogP contribution in [0.25, 0.3) is 11.3 Å². The zero-order valence-electron chi connectivity index (χ0n) is 15.4. The Bertz CT molecular complexity index is 990. The second-order valence-corrected chi connectivity index (χ2v) is 5.92. The van der Waals surface area contributed by atoms with Gasteiger partial charge in [0.25, 0.3) is 0 Å². The smallest absolute Gasteiger partial charge is 0.339 e. The quantitative estimate of drug-likeness (QED) is 0.637. The highest BCUT2D eigenvalue weighted by Crippen LogP contribution is 2.32. The Balaban J connectivity index is 1.95. The van der Waals surface area contributed by atoms with E-state index in [0.29, 0.717) is 12.3 Å². The minimum Gasteiger partial charge on any atom is -0.497 e. The molecule has 2 aromatic carbocycles. The van der Waals surface area contributed by atoms with Gasteiger partial charge in [0.05, 0.1) is 25.5 Å². The van der Waals surface area contributed by atoms with Gasteiger partial charge in [-0.3, -0.25) is 0 Å². The Morgan fingerprint density at radius 1 is 1.07 bits per heavy atom. The summed E-state index contributed by atoms with van der Waals surface area (Å²) < 4.78 is 24.7. The van der Waals surface area contributed by atoms with Crippen LogP contribution in [0.4, 0.5) is 10.2 Å².